The minimum absolute atomic E-state index is 0.00179. The van der Waals surface area contributed by atoms with Crippen molar-refractivity contribution in [1.82, 2.24) is 14.5 Å². The number of nitrogens with zero attached hydrogens (tertiary/aromatic N) is 3. The molecule has 1 amide bonds. The van der Waals surface area contributed by atoms with Crippen molar-refractivity contribution < 1.29 is 9.18 Å². The number of hydrogen-bond acceptors (Lipinski definition) is 4. The van der Waals surface area contributed by atoms with Gasteiger partial charge in [0.15, 0.2) is 5.65 Å². The van der Waals surface area contributed by atoms with Gasteiger partial charge in [-0.05, 0) is 55.5 Å². The number of halogens is 2. The van der Waals surface area contributed by atoms with E-state index in [-0.39, 0.29) is 22.8 Å². The molecule has 0 aliphatic heterocycles. The van der Waals surface area contributed by atoms with Crippen LogP contribution in [-0.2, 0) is 24.2 Å². The predicted molar refractivity (Wildman–Crippen MR) is 100 cm³/mol. The predicted octanol–water partition coefficient (Wildman–Crippen LogP) is 3.10. The number of hydrogen-bond donors (Lipinski definition) is 1. The Hall–Kier alpha value is -2.80. The molecule has 6 nitrogen and oxygen atoms in total. The van der Waals surface area contributed by atoms with Crippen molar-refractivity contribution in [2.24, 2.45) is 0 Å². The number of aryl methyl sites for hydroxylation is 2. The minimum Gasteiger partial charge on any atom is -0.322 e. The Morgan fingerprint density at radius 3 is 2.89 bits per heavy atom. The second-order valence-electron chi connectivity index (χ2n) is 6.52. The van der Waals surface area contributed by atoms with Crippen molar-refractivity contribution in [3.8, 4) is 0 Å². The van der Waals surface area contributed by atoms with Crippen molar-refractivity contribution in [3.05, 3.63) is 63.0 Å². The van der Waals surface area contributed by atoms with Crippen molar-refractivity contribution in [2.45, 2.75) is 32.2 Å². The van der Waals surface area contributed by atoms with E-state index < -0.39 is 11.7 Å². The number of carbonyl (C=O) groups is 1. The highest BCUT2D eigenvalue weighted by atomic mass is 35.5. The summed E-state index contributed by atoms with van der Waals surface area (Å²) in [5, 5.41) is 3.06. The first-order valence-corrected chi connectivity index (χ1v) is 9.02. The minimum atomic E-state index is -0.643. The molecule has 2 aromatic heterocycles. The van der Waals surface area contributed by atoms with Crippen LogP contribution in [0.15, 0.2) is 35.4 Å². The van der Waals surface area contributed by atoms with Crippen molar-refractivity contribution in [2.75, 3.05) is 5.32 Å². The zero-order valence-electron chi connectivity index (χ0n) is 14.3. The van der Waals surface area contributed by atoms with Crippen LogP contribution in [0, 0.1) is 5.82 Å². The lowest BCUT2D eigenvalue weighted by molar-refractivity contribution is -0.116. The summed E-state index contributed by atoms with van der Waals surface area (Å²) in [6.07, 6.45) is 5.24. The third-order valence-corrected chi connectivity index (χ3v) is 4.85. The summed E-state index contributed by atoms with van der Waals surface area (Å²) >= 11 is 5.70. The van der Waals surface area contributed by atoms with Gasteiger partial charge in [0.05, 0.1) is 11.1 Å². The van der Waals surface area contributed by atoms with Gasteiger partial charge in [0.1, 0.15) is 18.7 Å². The molecule has 0 atom stereocenters. The SMILES string of the molecule is O=C(Cn1cnc2nc3c(cc2c1=O)CCCC3)Nc1ccc(Cl)cc1F. The number of fused-ring (bicyclic) bond motifs is 2. The van der Waals surface area contributed by atoms with E-state index >= 15 is 0 Å². The molecule has 0 saturated carbocycles. The zero-order valence-corrected chi connectivity index (χ0v) is 15.1. The van der Waals surface area contributed by atoms with Gasteiger partial charge in [0.2, 0.25) is 5.91 Å². The first-order chi connectivity index (χ1) is 13.0. The standard InChI is InChI=1S/C19H16ClFN4O2/c20-12-5-6-16(14(21)8-12)23-17(26)9-25-10-22-18-13(19(25)27)7-11-3-1-2-4-15(11)24-18/h5-8,10H,1-4,9H2,(H,23,26). The van der Waals surface area contributed by atoms with Gasteiger partial charge in [-0.1, -0.05) is 11.6 Å². The molecule has 0 bridgehead atoms. The zero-order chi connectivity index (χ0) is 19.0. The Labute approximate surface area is 159 Å². The molecule has 1 aromatic carbocycles. The monoisotopic (exact) mass is 386 g/mol. The lowest BCUT2D eigenvalue weighted by Crippen LogP contribution is -2.28. The van der Waals surface area contributed by atoms with Gasteiger partial charge in [0, 0.05) is 10.7 Å². The van der Waals surface area contributed by atoms with Crippen LogP contribution in [0.25, 0.3) is 11.0 Å². The number of aromatic nitrogens is 3. The molecule has 1 aliphatic rings. The van der Waals surface area contributed by atoms with Crippen LogP contribution in [-0.4, -0.2) is 20.4 Å². The highest BCUT2D eigenvalue weighted by molar-refractivity contribution is 6.30. The number of nitrogens with one attached hydrogen (secondary N) is 1. The Morgan fingerprint density at radius 1 is 1.26 bits per heavy atom. The molecule has 2 heterocycles. The largest absolute Gasteiger partial charge is 0.322 e. The fraction of sp³-hybridized carbons (Fsp3) is 0.263. The van der Waals surface area contributed by atoms with E-state index in [0.717, 1.165) is 43.0 Å². The summed E-state index contributed by atoms with van der Waals surface area (Å²) in [5.74, 6) is -1.18. The third kappa shape index (κ3) is 3.55. The summed E-state index contributed by atoms with van der Waals surface area (Å²) < 4.78 is 15.0. The first-order valence-electron chi connectivity index (χ1n) is 8.64. The number of pyridine rings is 1. The van der Waals surface area contributed by atoms with Gasteiger partial charge in [-0.2, -0.15) is 0 Å². The number of anilines is 1. The Kier molecular flexibility index (Phi) is 4.61. The van der Waals surface area contributed by atoms with Crippen LogP contribution in [0.3, 0.4) is 0 Å². The average Bonchev–Trinajstić information content (AvgIpc) is 2.65. The third-order valence-electron chi connectivity index (χ3n) is 4.61. The van der Waals surface area contributed by atoms with E-state index in [1.165, 1.54) is 23.0 Å². The Balaban J connectivity index is 1.61. The van der Waals surface area contributed by atoms with Crippen LogP contribution >= 0.6 is 11.6 Å². The Bertz CT molecular complexity index is 1110. The summed E-state index contributed by atoms with van der Waals surface area (Å²) in [6.45, 7) is -0.277. The normalized spacial score (nSPS) is 13.4. The number of amides is 1. The fourth-order valence-corrected chi connectivity index (χ4v) is 3.42. The van der Waals surface area contributed by atoms with Crippen LogP contribution in [0.2, 0.25) is 5.02 Å². The number of carbonyl (C=O) groups excluding carboxylic acids is 1. The van der Waals surface area contributed by atoms with Crippen molar-refractivity contribution in [1.29, 1.82) is 0 Å². The van der Waals surface area contributed by atoms with Gasteiger partial charge < -0.3 is 5.32 Å². The molecular weight excluding hydrogens is 371 g/mol. The summed E-state index contributed by atoms with van der Waals surface area (Å²) in [5.41, 5.74) is 2.11. The summed E-state index contributed by atoms with van der Waals surface area (Å²) in [7, 11) is 0. The maximum atomic E-state index is 13.8. The van der Waals surface area contributed by atoms with E-state index in [1.807, 2.05) is 6.07 Å². The van der Waals surface area contributed by atoms with Crippen LogP contribution in [0.4, 0.5) is 10.1 Å². The van der Waals surface area contributed by atoms with E-state index in [2.05, 4.69) is 15.3 Å². The maximum Gasteiger partial charge on any atom is 0.263 e. The van der Waals surface area contributed by atoms with Crippen LogP contribution < -0.4 is 10.9 Å². The fourth-order valence-electron chi connectivity index (χ4n) is 3.26. The lowest BCUT2D eigenvalue weighted by atomic mass is 9.95. The van der Waals surface area contributed by atoms with Gasteiger partial charge in [-0.25, -0.2) is 14.4 Å². The second kappa shape index (κ2) is 7.08. The molecule has 138 valence electrons. The molecule has 8 heteroatoms. The smallest absolute Gasteiger partial charge is 0.263 e. The topological polar surface area (TPSA) is 76.9 Å². The van der Waals surface area contributed by atoms with E-state index in [9.17, 15) is 14.0 Å². The molecule has 0 radical (unpaired) electrons. The lowest BCUT2D eigenvalue weighted by Gasteiger charge is -2.15. The van der Waals surface area contributed by atoms with Gasteiger partial charge in [-0.3, -0.25) is 14.2 Å². The molecule has 1 aliphatic carbocycles. The highest BCUT2D eigenvalue weighted by Crippen LogP contribution is 2.22. The first kappa shape index (κ1) is 17.6. The van der Waals surface area contributed by atoms with Crippen LogP contribution in [0.1, 0.15) is 24.1 Å². The molecule has 0 spiro atoms. The second-order valence-corrected chi connectivity index (χ2v) is 6.96. The average molecular weight is 387 g/mol. The molecule has 4 rings (SSSR count). The summed E-state index contributed by atoms with van der Waals surface area (Å²) in [4.78, 5) is 33.7. The quantitative estimate of drug-likeness (QED) is 0.750. The maximum absolute atomic E-state index is 13.8. The van der Waals surface area contributed by atoms with E-state index in [1.54, 1.807) is 0 Å². The molecule has 1 N–H and O–H groups in total. The van der Waals surface area contributed by atoms with Crippen LogP contribution in [0.5, 0.6) is 0 Å². The van der Waals surface area contributed by atoms with E-state index in [0.29, 0.717) is 11.0 Å². The van der Waals surface area contributed by atoms with Crippen molar-refractivity contribution in [3.63, 3.8) is 0 Å². The number of benzene rings is 1. The molecule has 3 aromatic rings. The molecular formula is C19H16ClFN4O2. The number of rotatable bonds is 3. The summed E-state index contributed by atoms with van der Waals surface area (Å²) in [6, 6.07) is 5.78. The van der Waals surface area contributed by atoms with Gasteiger partial charge in [0.25, 0.3) is 5.56 Å². The molecule has 27 heavy (non-hydrogen) atoms. The van der Waals surface area contributed by atoms with Gasteiger partial charge >= 0.3 is 0 Å². The highest BCUT2D eigenvalue weighted by Gasteiger charge is 2.16. The van der Waals surface area contributed by atoms with Crippen molar-refractivity contribution >= 4 is 34.2 Å². The molecule has 0 unspecified atom stereocenters. The molecule has 0 saturated heterocycles. The van der Waals surface area contributed by atoms with E-state index in [4.69, 9.17) is 11.6 Å². The van der Waals surface area contributed by atoms with Gasteiger partial charge in [-0.15, -0.1) is 0 Å². The Morgan fingerprint density at radius 2 is 2.07 bits per heavy atom. The molecule has 0 fully saturated rings.